The topological polar surface area (TPSA) is 52.6 Å². The molecule has 0 aromatic carbocycles. The molecular weight excluding hydrogens is 180 g/mol. The molecule has 2 rings (SSSR count). The molecule has 0 radical (unpaired) electrons. The normalized spacial score (nSPS) is 32.9. The number of rotatable bonds is 3. The van der Waals surface area contributed by atoms with E-state index in [4.69, 9.17) is 5.11 Å². The van der Waals surface area contributed by atoms with Crippen LogP contribution < -0.4 is 5.32 Å². The quantitative estimate of drug-likeness (QED) is 0.677. The molecule has 2 unspecified atom stereocenters. The van der Waals surface area contributed by atoms with E-state index in [1.807, 2.05) is 0 Å². The second-order valence-corrected chi connectivity index (χ2v) is 4.31. The van der Waals surface area contributed by atoms with Gasteiger partial charge in [-0.3, -0.25) is 9.69 Å². The van der Waals surface area contributed by atoms with Crippen LogP contribution in [0.1, 0.15) is 19.3 Å². The molecule has 2 aliphatic rings. The number of likely N-dealkylation sites (tertiary alicyclic amines) is 1. The van der Waals surface area contributed by atoms with Gasteiger partial charge < -0.3 is 10.4 Å². The summed E-state index contributed by atoms with van der Waals surface area (Å²) in [5.74, 6) is 0.0793. The number of fused-ring (bicyclic) bond motifs is 1. The Morgan fingerprint density at radius 1 is 1.50 bits per heavy atom. The average molecular weight is 198 g/mol. The van der Waals surface area contributed by atoms with E-state index in [1.165, 1.54) is 12.8 Å². The molecule has 0 amide bonds. The van der Waals surface area contributed by atoms with Gasteiger partial charge in [0.1, 0.15) is 0 Å². The number of carboxylic acid groups (broad SMARTS) is 1. The molecule has 2 fully saturated rings. The standard InChI is InChI=1S/C10H18N2O2/c13-10(14)3-5-12-4-1-2-8-6-11-7-9(8)12/h8-9,11H,1-7H2,(H,13,14). The number of hydrogen-bond donors (Lipinski definition) is 2. The molecule has 0 aliphatic carbocycles. The largest absolute Gasteiger partial charge is 0.481 e. The summed E-state index contributed by atoms with van der Waals surface area (Å²) < 4.78 is 0. The molecule has 2 saturated heterocycles. The molecule has 2 atom stereocenters. The highest BCUT2D eigenvalue weighted by atomic mass is 16.4. The summed E-state index contributed by atoms with van der Waals surface area (Å²) in [5.41, 5.74) is 0. The van der Waals surface area contributed by atoms with Crippen LogP contribution in [0, 0.1) is 5.92 Å². The van der Waals surface area contributed by atoms with Gasteiger partial charge in [-0.1, -0.05) is 0 Å². The Morgan fingerprint density at radius 2 is 2.36 bits per heavy atom. The molecule has 80 valence electrons. The minimum absolute atomic E-state index is 0.281. The lowest BCUT2D eigenvalue weighted by Crippen LogP contribution is -2.45. The first-order valence-electron chi connectivity index (χ1n) is 5.44. The van der Waals surface area contributed by atoms with Crippen molar-refractivity contribution in [2.75, 3.05) is 26.2 Å². The van der Waals surface area contributed by atoms with Crippen molar-refractivity contribution in [2.24, 2.45) is 5.92 Å². The van der Waals surface area contributed by atoms with Crippen molar-refractivity contribution in [3.63, 3.8) is 0 Å². The average Bonchev–Trinajstić information content (AvgIpc) is 2.62. The summed E-state index contributed by atoms with van der Waals surface area (Å²) in [6, 6.07) is 0.600. The van der Waals surface area contributed by atoms with E-state index >= 15 is 0 Å². The van der Waals surface area contributed by atoms with Crippen LogP contribution in [0.2, 0.25) is 0 Å². The zero-order chi connectivity index (χ0) is 9.97. The fourth-order valence-corrected chi connectivity index (χ4v) is 2.68. The van der Waals surface area contributed by atoms with Crippen LogP contribution in [0.15, 0.2) is 0 Å². The molecule has 0 aromatic rings. The predicted molar refractivity (Wildman–Crippen MR) is 53.2 cm³/mol. The van der Waals surface area contributed by atoms with Crippen molar-refractivity contribution >= 4 is 5.97 Å². The third-order valence-electron chi connectivity index (χ3n) is 3.41. The van der Waals surface area contributed by atoms with Crippen LogP contribution in [0.5, 0.6) is 0 Å². The third kappa shape index (κ3) is 2.07. The molecule has 2 N–H and O–H groups in total. The Morgan fingerprint density at radius 3 is 3.14 bits per heavy atom. The molecule has 0 saturated carbocycles. The van der Waals surface area contributed by atoms with E-state index in [2.05, 4.69) is 10.2 Å². The van der Waals surface area contributed by atoms with Gasteiger partial charge in [-0.2, -0.15) is 0 Å². The van der Waals surface area contributed by atoms with Crippen LogP contribution in [-0.4, -0.2) is 48.2 Å². The summed E-state index contributed by atoms with van der Waals surface area (Å²) in [4.78, 5) is 12.8. The highest BCUT2D eigenvalue weighted by molar-refractivity contribution is 5.66. The maximum atomic E-state index is 10.5. The second-order valence-electron chi connectivity index (χ2n) is 4.31. The molecule has 4 heteroatoms. The van der Waals surface area contributed by atoms with Crippen LogP contribution in [-0.2, 0) is 4.79 Å². The van der Waals surface area contributed by atoms with E-state index in [0.717, 1.165) is 32.1 Å². The lowest BCUT2D eigenvalue weighted by molar-refractivity contribution is -0.137. The molecule has 0 aromatic heterocycles. The number of aliphatic carboxylic acids is 1. The lowest BCUT2D eigenvalue weighted by atomic mass is 9.92. The molecule has 2 heterocycles. The fourth-order valence-electron chi connectivity index (χ4n) is 2.68. The number of nitrogens with zero attached hydrogens (tertiary/aromatic N) is 1. The van der Waals surface area contributed by atoms with E-state index in [1.54, 1.807) is 0 Å². The first-order valence-corrected chi connectivity index (χ1v) is 5.44. The summed E-state index contributed by atoms with van der Waals surface area (Å²) >= 11 is 0. The molecule has 14 heavy (non-hydrogen) atoms. The van der Waals surface area contributed by atoms with Crippen LogP contribution >= 0.6 is 0 Å². The molecule has 4 nitrogen and oxygen atoms in total. The van der Waals surface area contributed by atoms with Gasteiger partial charge in [-0.05, 0) is 31.8 Å². The van der Waals surface area contributed by atoms with Gasteiger partial charge >= 0.3 is 5.97 Å². The highest BCUT2D eigenvalue weighted by Crippen LogP contribution is 2.26. The van der Waals surface area contributed by atoms with Gasteiger partial charge in [-0.25, -0.2) is 0 Å². The smallest absolute Gasteiger partial charge is 0.304 e. The summed E-state index contributed by atoms with van der Waals surface area (Å²) in [6.07, 6.45) is 2.81. The summed E-state index contributed by atoms with van der Waals surface area (Å²) in [6.45, 7) is 3.97. The van der Waals surface area contributed by atoms with Crippen molar-refractivity contribution < 1.29 is 9.90 Å². The Balaban J connectivity index is 1.87. The van der Waals surface area contributed by atoms with E-state index < -0.39 is 5.97 Å². The lowest BCUT2D eigenvalue weighted by Gasteiger charge is -2.36. The van der Waals surface area contributed by atoms with Gasteiger partial charge in [0.15, 0.2) is 0 Å². The van der Waals surface area contributed by atoms with Crippen LogP contribution in [0.3, 0.4) is 0 Å². The van der Waals surface area contributed by atoms with Crippen LogP contribution in [0.25, 0.3) is 0 Å². The number of piperidine rings is 1. The Kier molecular flexibility index (Phi) is 3.03. The van der Waals surface area contributed by atoms with E-state index in [-0.39, 0.29) is 6.42 Å². The van der Waals surface area contributed by atoms with E-state index in [0.29, 0.717) is 6.04 Å². The highest BCUT2D eigenvalue weighted by Gasteiger charge is 2.34. The zero-order valence-electron chi connectivity index (χ0n) is 8.41. The maximum absolute atomic E-state index is 10.5. The summed E-state index contributed by atoms with van der Waals surface area (Å²) in [7, 11) is 0. The van der Waals surface area contributed by atoms with Gasteiger partial charge in [-0.15, -0.1) is 0 Å². The van der Waals surface area contributed by atoms with Crippen molar-refractivity contribution in [1.82, 2.24) is 10.2 Å². The van der Waals surface area contributed by atoms with E-state index in [9.17, 15) is 4.79 Å². The van der Waals surface area contributed by atoms with Crippen LogP contribution in [0.4, 0.5) is 0 Å². The van der Waals surface area contributed by atoms with Gasteiger partial charge in [0.2, 0.25) is 0 Å². The van der Waals surface area contributed by atoms with Gasteiger partial charge in [0.05, 0.1) is 6.42 Å². The Bertz CT molecular complexity index is 220. The first-order chi connectivity index (χ1) is 6.77. The molecular formula is C10H18N2O2. The molecule has 2 aliphatic heterocycles. The maximum Gasteiger partial charge on any atom is 0.304 e. The first kappa shape index (κ1) is 9.93. The monoisotopic (exact) mass is 198 g/mol. The second kappa shape index (κ2) is 4.28. The number of carboxylic acids is 1. The number of nitrogens with one attached hydrogen (secondary N) is 1. The van der Waals surface area contributed by atoms with Crippen molar-refractivity contribution in [3.05, 3.63) is 0 Å². The zero-order valence-corrected chi connectivity index (χ0v) is 8.41. The minimum Gasteiger partial charge on any atom is -0.481 e. The predicted octanol–water partition coefficient (Wildman–Crippen LogP) is 0.145. The van der Waals surface area contributed by atoms with Gasteiger partial charge in [0, 0.05) is 19.1 Å². The fraction of sp³-hybridized carbons (Fsp3) is 0.900. The third-order valence-corrected chi connectivity index (χ3v) is 3.41. The van der Waals surface area contributed by atoms with Crippen molar-refractivity contribution in [3.8, 4) is 0 Å². The SMILES string of the molecule is O=C(O)CCN1CCCC2CNCC21. The summed E-state index contributed by atoms with van der Waals surface area (Å²) in [5, 5.41) is 12.0. The minimum atomic E-state index is -0.682. The molecule has 0 spiro atoms. The van der Waals surface area contributed by atoms with Crippen molar-refractivity contribution in [2.45, 2.75) is 25.3 Å². The van der Waals surface area contributed by atoms with Crippen molar-refractivity contribution in [1.29, 1.82) is 0 Å². The molecule has 0 bridgehead atoms. The number of hydrogen-bond acceptors (Lipinski definition) is 3. The number of carbonyl (C=O) groups is 1. The Hall–Kier alpha value is -0.610. The Labute approximate surface area is 84.3 Å². The van der Waals surface area contributed by atoms with Gasteiger partial charge in [0.25, 0.3) is 0 Å².